The van der Waals surface area contributed by atoms with Crippen LogP contribution in [0.2, 0.25) is 0 Å². The van der Waals surface area contributed by atoms with Crippen LogP contribution in [0.3, 0.4) is 0 Å². The predicted octanol–water partition coefficient (Wildman–Crippen LogP) is 2.38. The molecule has 0 bridgehead atoms. The van der Waals surface area contributed by atoms with E-state index in [0.29, 0.717) is 5.56 Å². The molecule has 1 aromatic rings. The van der Waals surface area contributed by atoms with Crippen molar-refractivity contribution in [2.45, 2.75) is 12.2 Å². The van der Waals surface area contributed by atoms with E-state index in [-0.39, 0.29) is 5.56 Å². The van der Waals surface area contributed by atoms with Crippen LogP contribution in [0.25, 0.3) is 0 Å². The zero-order valence-electron chi connectivity index (χ0n) is 7.97. The normalized spacial score (nSPS) is 13.3. The smallest absolute Gasteiger partial charge is 0.306 e. The highest BCUT2D eigenvalue weighted by atomic mass is 19.4. The Kier molecular flexibility index (Phi) is 3.32. The number of hydrogen-bond donors (Lipinski definition) is 1. The Morgan fingerprint density at radius 1 is 1.27 bits per heavy atom. The fraction of sp³-hybridized carbons (Fsp3) is 0.300. The van der Waals surface area contributed by atoms with Gasteiger partial charge in [0, 0.05) is 0 Å². The summed E-state index contributed by atoms with van der Waals surface area (Å²) in [5.41, 5.74) is 0.444. The van der Waals surface area contributed by atoms with Crippen molar-refractivity contribution in [1.29, 1.82) is 5.26 Å². The lowest BCUT2D eigenvalue weighted by atomic mass is 10.1. The van der Waals surface area contributed by atoms with Crippen LogP contribution in [0.15, 0.2) is 24.3 Å². The summed E-state index contributed by atoms with van der Waals surface area (Å²) in [7, 11) is 1.25. The molecule has 1 unspecified atom stereocenters. The first kappa shape index (κ1) is 11.5. The minimum absolute atomic E-state index is 0.101. The van der Waals surface area contributed by atoms with Crippen molar-refractivity contribution in [3.8, 4) is 6.07 Å². The fourth-order valence-electron chi connectivity index (χ4n) is 1.27. The van der Waals surface area contributed by atoms with Crippen molar-refractivity contribution < 1.29 is 13.2 Å². The zero-order valence-corrected chi connectivity index (χ0v) is 7.97. The molecule has 80 valence electrons. The molecule has 1 atom stereocenters. The van der Waals surface area contributed by atoms with Crippen molar-refractivity contribution >= 4 is 0 Å². The summed E-state index contributed by atoms with van der Waals surface area (Å²) in [6, 6.07) is 5.49. The van der Waals surface area contributed by atoms with Gasteiger partial charge in [-0.25, -0.2) is 0 Å². The molecule has 0 aliphatic rings. The van der Waals surface area contributed by atoms with Gasteiger partial charge in [0.05, 0.1) is 11.6 Å². The van der Waals surface area contributed by atoms with Gasteiger partial charge >= 0.3 is 6.18 Å². The van der Waals surface area contributed by atoms with Gasteiger partial charge in [-0.15, -0.1) is 0 Å². The van der Waals surface area contributed by atoms with Crippen molar-refractivity contribution in [3.63, 3.8) is 0 Å². The Balaban J connectivity index is 3.00. The molecule has 0 aromatic heterocycles. The molecule has 1 aromatic carbocycles. The van der Waals surface area contributed by atoms with Gasteiger partial charge in [0.25, 0.3) is 0 Å². The van der Waals surface area contributed by atoms with E-state index in [2.05, 4.69) is 5.32 Å². The van der Waals surface area contributed by atoms with Crippen LogP contribution in [0.1, 0.15) is 17.2 Å². The number of rotatable bonds is 2. The third-order valence-corrected chi connectivity index (χ3v) is 1.99. The maximum absolute atomic E-state index is 12.5. The lowest BCUT2D eigenvalue weighted by molar-refractivity contribution is -0.156. The van der Waals surface area contributed by atoms with E-state index in [4.69, 9.17) is 5.26 Å². The molecule has 0 amide bonds. The summed E-state index contributed by atoms with van der Waals surface area (Å²) in [5, 5.41) is 10.7. The van der Waals surface area contributed by atoms with Gasteiger partial charge in [0.1, 0.15) is 6.04 Å². The molecular weight excluding hydrogens is 205 g/mol. The van der Waals surface area contributed by atoms with Crippen LogP contribution in [-0.2, 0) is 0 Å². The summed E-state index contributed by atoms with van der Waals surface area (Å²) in [6.45, 7) is 0. The summed E-state index contributed by atoms with van der Waals surface area (Å²) in [5.74, 6) is 0. The van der Waals surface area contributed by atoms with Gasteiger partial charge in [-0.2, -0.15) is 18.4 Å². The monoisotopic (exact) mass is 214 g/mol. The number of alkyl halides is 3. The number of benzene rings is 1. The minimum Gasteiger partial charge on any atom is -0.306 e. The minimum atomic E-state index is -4.33. The Hall–Kier alpha value is -1.54. The molecule has 0 saturated carbocycles. The molecule has 0 heterocycles. The van der Waals surface area contributed by atoms with Crippen LogP contribution < -0.4 is 5.32 Å². The van der Waals surface area contributed by atoms with Crippen LogP contribution >= 0.6 is 0 Å². The standard InChI is InChI=1S/C10H9F3N2/c1-15-9(10(11,12)13)8-4-2-7(6-14)3-5-8/h2-5,9,15H,1H3. The van der Waals surface area contributed by atoms with Gasteiger partial charge in [0.15, 0.2) is 0 Å². The van der Waals surface area contributed by atoms with Crippen molar-refractivity contribution in [2.24, 2.45) is 0 Å². The van der Waals surface area contributed by atoms with E-state index in [1.807, 2.05) is 6.07 Å². The summed E-state index contributed by atoms with van der Waals surface area (Å²) < 4.78 is 37.4. The molecule has 5 heteroatoms. The molecule has 15 heavy (non-hydrogen) atoms. The maximum Gasteiger partial charge on any atom is 0.407 e. The molecule has 1 N–H and O–H groups in total. The highest BCUT2D eigenvalue weighted by Gasteiger charge is 2.39. The van der Waals surface area contributed by atoms with E-state index in [9.17, 15) is 13.2 Å². The van der Waals surface area contributed by atoms with E-state index < -0.39 is 12.2 Å². The van der Waals surface area contributed by atoms with Gasteiger partial charge < -0.3 is 5.32 Å². The number of halogens is 3. The van der Waals surface area contributed by atoms with Crippen molar-refractivity contribution in [1.82, 2.24) is 5.32 Å². The van der Waals surface area contributed by atoms with E-state index in [1.54, 1.807) is 0 Å². The second-order valence-electron chi connectivity index (χ2n) is 3.00. The van der Waals surface area contributed by atoms with Crippen LogP contribution in [0.4, 0.5) is 13.2 Å². The first-order chi connectivity index (χ1) is 6.99. The number of hydrogen-bond acceptors (Lipinski definition) is 2. The summed E-state index contributed by atoms with van der Waals surface area (Å²) >= 11 is 0. The Morgan fingerprint density at radius 3 is 2.13 bits per heavy atom. The molecule has 0 aliphatic carbocycles. The van der Waals surface area contributed by atoms with E-state index >= 15 is 0 Å². The molecule has 1 rings (SSSR count). The largest absolute Gasteiger partial charge is 0.407 e. The van der Waals surface area contributed by atoms with Gasteiger partial charge in [-0.3, -0.25) is 0 Å². The van der Waals surface area contributed by atoms with Gasteiger partial charge in [-0.1, -0.05) is 12.1 Å². The van der Waals surface area contributed by atoms with E-state index in [0.717, 1.165) is 0 Å². The van der Waals surface area contributed by atoms with Crippen LogP contribution in [0, 0.1) is 11.3 Å². The Bertz CT molecular complexity index is 362. The molecule has 0 radical (unpaired) electrons. The van der Waals surface area contributed by atoms with Crippen LogP contribution in [0.5, 0.6) is 0 Å². The van der Waals surface area contributed by atoms with Gasteiger partial charge in [-0.05, 0) is 24.7 Å². The highest BCUT2D eigenvalue weighted by Crippen LogP contribution is 2.32. The fourth-order valence-corrected chi connectivity index (χ4v) is 1.27. The maximum atomic E-state index is 12.5. The molecule has 0 fully saturated rings. The van der Waals surface area contributed by atoms with Gasteiger partial charge in [0.2, 0.25) is 0 Å². The molecular formula is C10H9F3N2. The quantitative estimate of drug-likeness (QED) is 0.820. The topological polar surface area (TPSA) is 35.8 Å². The second kappa shape index (κ2) is 4.32. The highest BCUT2D eigenvalue weighted by molar-refractivity contribution is 5.33. The zero-order chi connectivity index (χ0) is 11.5. The molecule has 0 spiro atoms. The summed E-state index contributed by atoms with van der Waals surface area (Å²) in [6.07, 6.45) is -4.33. The average molecular weight is 214 g/mol. The molecule has 0 aliphatic heterocycles. The van der Waals surface area contributed by atoms with Crippen molar-refractivity contribution in [3.05, 3.63) is 35.4 Å². The van der Waals surface area contributed by atoms with E-state index in [1.165, 1.54) is 31.3 Å². The lowest BCUT2D eigenvalue weighted by Crippen LogP contribution is -2.31. The Morgan fingerprint density at radius 2 is 1.80 bits per heavy atom. The number of nitrogens with one attached hydrogen (secondary N) is 1. The summed E-state index contributed by atoms with van der Waals surface area (Å²) in [4.78, 5) is 0. The Labute approximate surface area is 85.3 Å². The van der Waals surface area contributed by atoms with Crippen molar-refractivity contribution in [2.75, 3.05) is 7.05 Å². The third-order valence-electron chi connectivity index (χ3n) is 1.99. The predicted molar refractivity (Wildman–Crippen MR) is 49.0 cm³/mol. The van der Waals surface area contributed by atoms with Crippen LogP contribution in [-0.4, -0.2) is 13.2 Å². The first-order valence-electron chi connectivity index (χ1n) is 4.23. The number of nitriles is 1. The molecule has 0 saturated heterocycles. The first-order valence-corrected chi connectivity index (χ1v) is 4.23. The lowest BCUT2D eigenvalue weighted by Gasteiger charge is -2.19. The second-order valence-corrected chi connectivity index (χ2v) is 3.00. The average Bonchev–Trinajstić information content (AvgIpc) is 2.18. The SMILES string of the molecule is CNC(c1ccc(C#N)cc1)C(F)(F)F. The third kappa shape index (κ3) is 2.70. The number of nitrogens with zero attached hydrogens (tertiary/aromatic N) is 1. The molecule has 2 nitrogen and oxygen atoms in total.